The average molecular weight is 245 g/mol. The van der Waals surface area contributed by atoms with Gasteiger partial charge in [0.1, 0.15) is 0 Å². The predicted octanol–water partition coefficient (Wildman–Crippen LogP) is -0.357. The van der Waals surface area contributed by atoms with Crippen LogP contribution in [-0.4, -0.2) is 31.4 Å². The minimum absolute atomic E-state index is 0. The molecule has 0 N–H and O–H groups in total. The first-order valence-electron chi connectivity index (χ1n) is 5.43. The minimum atomic E-state index is -4.63. The number of nitrogens with zero attached hydrogens (tertiary/aromatic N) is 1. The first-order chi connectivity index (χ1) is 6.49. The first kappa shape index (κ1) is 14.5. The summed E-state index contributed by atoms with van der Waals surface area (Å²) in [7, 11) is 0. The van der Waals surface area contributed by atoms with E-state index in [1.54, 1.807) is 4.90 Å². The third-order valence-corrected chi connectivity index (χ3v) is 3.65. The summed E-state index contributed by atoms with van der Waals surface area (Å²) >= 11 is 0. The molecule has 2 aliphatic rings. The molecule has 1 nitrogen and oxygen atoms in total. The molecule has 0 aromatic carbocycles. The largest absolute Gasteiger partial charge is 1.00 e. The molecule has 0 radical (unpaired) electrons. The molecule has 82 valence electrons. The maximum absolute atomic E-state index is 12.2. The van der Waals surface area contributed by atoms with E-state index in [-0.39, 0.29) is 56.8 Å². The van der Waals surface area contributed by atoms with Gasteiger partial charge in [0.15, 0.2) is 0 Å². The van der Waals surface area contributed by atoms with Gasteiger partial charge >= 0.3 is 58.4 Å². The second-order valence-electron chi connectivity index (χ2n) is 4.90. The van der Waals surface area contributed by atoms with Gasteiger partial charge in [-0.15, -0.1) is 0 Å². The molecule has 6 heteroatoms. The van der Waals surface area contributed by atoms with E-state index in [1.165, 1.54) is 12.8 Å². The van der Waals surface area contributed by atoms with Gasteiger partial charge in [-0.05, 0) is 37.7 Å². The Kier molecular flexibility index (Phi) is 5.22. The van der Waals surface area contributed by atoms with Crippen LogP contribution in [-0.2, 0) is 0 Å². The van der Waals surface area contributed by atoms with E-state index in [2.05, 4.69) is 0 Å². The molecule has 1 aliphatic heterocycles. The third-order valence-electron chi connectivity index (χ3n) is 3.65. The number of halogens is 3. The third kappa shape index (κ3) is 4.00. The Morgan fingerprint density at radius 1 is 1.07 bits per heavy atom. The summed E-state index contributed by atoms with van der Waals surface area (Å²) in [5.41, 5.74) is 0.265. The second-order valence-corrected chi connectivity index (χ2v) is 4.90. The van der Waals surface area contributed by atoms with Gasteiger partial charge in [0.25, 0.3) is 0 Å². The predicted molar refractivity (Wildman–Crippen MR) is 51.0 cm³/mol. The molecule has 1 heterocycles. The summed E-state index contributed by atoms with van der Waals surface area (Å²) in [6.45, 7) is -3.28. The van der Waals surface area contributed by atoms with Gasteiger partial charge in [-0.25, -0.2) is 0 Å². The topological polar surface area (TPSA) is 3.24 Å². The van der Waals surface area contributed by atoms with Crippen LogP contribution in [0, 0.1) is 5.41 Å². The zero-order valence-corrected chi connectivity index (χ0v) is 12.4. The van der Waals surface area contributed by atoms with Crippen molar-refractivity contribution in [2.75, 3.05) is 19.5 Å². The summed E-state index contributed by atoms with van der Waals surface area (Å²) in [5, 5.41) is 0. The summed E-state index contributed by atoms with van der Waals surface area (Å²) in [6.07, 6.45) is 5.06. The molecular formula is C9H16BF3KN. The molecule has 1 saturated carbocycles. The van der Waals surface area contributed by atoms with Crippen LogP contribution in [0.1, 0.15) is 32.1 Å². The van der Waals surface area contributed by atoms with Crippen molar-refractivity contribution in [2.45, 2.75) is 32.1 Å². The Morgan fingerprint density at radius 2 is 1.67 bits per heavy atom. The van der Waals surface area contributed by atoms with E-state index in [0.29, 0.717) is 13.1 Å². The molecular weight excluding hydrogens is 229 g/mol. The zero-order valence-electron chi connectivity index (χ0n) is 9.32. The maximum Gasteiger partial charge on any atom is 1.00 e. The van der Waals surface area contributed by atoms with E-state index >= 15 is 0 Å². The molecule has 1 spiro atoms. The fraction of sp³-hybridized carbons (Fsp3) is 1.00. The average Bonchev–Trinajstić information content (AvgIpc) is 2.60. The molecule has 1 aliphatic carbocycles. The van der Waals surface area contributed by atoms with Crippen molar-refractivity contribution in [1.82, 2.24) is 4.90 Å². The molecule has 0 aromatic heterocycles. The molecule has 15 heavy (non-hydrogen) atoms. The van der Waals surface area contributed by atoms with Crippen molar-refractivity contribution < 1.29 is 64.3 Å². The van der Waals surface area contributed by atoms with Gasteiger partial charge in [0, 0.05) is 6.54 Å². The van der Waals surface area contributed by atoms with Gasteiger partial charge in [0.05, 0.1) is 0 Å². The quantitative estimate of drug-likeness (QED) is 0.601. The van der Waals surface area contributed by atoms with Gasteiger partial charge in [-0.3, -0.25) is 0 Å². The van der Waals surface area contributed by atoms with E-state index < -0.39 is 13.4 Å². The fourth-order valence-electron chi connectivity index (χ4n) is 3.01. The Balaban J connectivity index is 0.00000112. The number of hydrogen-bond donors (Lipinski definition) is 0. The molecule has 2 fully saturated rings. The Hall–Kier alpha value is 1.45. The van der Waals surface area contributed by atoms with E-state index in [0.717, 1.165) is 19.3 Å². The first-order valence-corrected chi connectivity index (χ1v) is 5.43. The summed E-state index contributed by atoms with van der Waals surface area (Å²) in [4.78, 5) is 1.60. The van der Waals surface area contributed by atoms with E-state index in [4.69, 9.17) is 0 Å². The van der Waals surface area contributed by atoms with Crippen LogP contribution in [0.25, 0.3) is 0 Å². The molecule has 0 amide bonds. The van der Waals surface area contributed by atoms with E-state index in [1.807, 2.05) is 0 Å². The smallest absolute Gasteiger partial charge is 0.448 e. The Labute approximate surface area is 132 Å². The zero-order chi connectivity index (χ0) is 10.2. The van der Waals surface area contributed by atoms with Crippen LogP contribution >= 0.6 is 0 Å². The van der Waals surface area contributed by atoms with Crippen LogP contribution in [0.5, 0.6) is 0 Å². The minimum Gasteiger partial charge on any atom is -0.448 e. The summed E-state index contributed by atoms with van der Waals surface area (Å²) in [6, 6.07) is 0. The van der Waals surface area contributed by atoms with Crippen molar-refractivity contribution in [3.05, 3.63) is 0 Å². The SMILES string of the molecule is F[B-](F)(F)CN1CCC2(CCCC2)C1.[K+]. The molecule has 0 atom stereocenters. The van der Waals surface area contributed by atoms with Crippen LogP contribution in [0.3, 0.4) is 0 Å². The normalized spacial score (nSPS) is 25.8. The van der Waals surface area contributed by atoms with Crippen molar-refractivity contribution >= 4 is 6.98 Å². The summed E-state index contributed by atoms with van der Waals surface area (Å²) < 4.78 is 36.6. The van der Waals surface area contributed by atoms with Gasteiger partial charge in [0.2, 0.25) is 0 Å². The number of rotatable bonds is 2. The van der Waals surface area contributed by atoms with Crippen molar-refractivity contribution in [3.8, 4) is 0 Å². The van der Waals surface area contributed by atoms with Crippen LogP contribution in [0.4, 0.5) is 12.9 Å². The molecule has 0 aromatic rings. The second kappa shape index (κ2) is 5.40. The molecule has 0 bridgehead atoms. The monoisotopic (exact) mass is 245 g/mol. The van der Waals surface area contributed by atoms with E-state index in [9.17, 15) is 12.9 Å². The van der Waals surface area contributed by atoms with Crippen LogP contribution in [0.15, 0.2) is 0 Å². The van der Waals surface area contributed by atoms with Crippen LogP contribution < -0.4 is 51.4 Å². The summed E-state index contributed by atoms with van der Waals surface area (Å²) in [5.74, 6) is 0. The van der Waals surface area contributed by atoms with Crippen molar-refractivity contribution in [3.63, 3.8) is 0 Å². The van der Waals surface area contributed by atoms with Crippen LogP contribution in [0.2, 0.25) is 0 Å². The number of likely N-dealkylation sites (tertiary alicyclic amines) is 1. The fourth-order valence-corrected chi connectivity index (χ4v) is 3.01. The standard InChI is InChI=1S/C9H16BF3N.K/c11-10(12,13)8-14-6-5-9(7-14)3-1-2-4-9;/h1-8H2;/q-1;+1. The van der Waals surface area contributed by atoms with Gasteiger partial charge in [-0.2, -0.15) is 0 Å². The molecule has 1 saturated heterocycles. The maximum atomic E-state index is 12.2. The van der Waals surface area contributed by atoms with Gasteiger partial charge in [-0.1, -0.05) is 12.8 Å². The van der Waals surface area contributed by atoms with Gasteiger partial charge < -0.3 is 17.8 Å². The molecule has 0 unspecified atom stereocenters. The molecule has 2 rings (SSSR count). The van der Waals surface area contributed by atoms with Crippen molar-refractivity contribution in [1.29, 1.82) is 0 Å². The number of hydrogen-bond acceptors (Lipinski definition) is 1. The Morgan fingerprint density at radius 3 is 2.20 bits per heavy atom. The Bertz CT molecular complexity index is 216. The van der Waals surface area contributed by atoms with Crippen molar-refractivity contribution in [2.24, 2.45) is 5.41 Å².